The molecule has 4 heterocycles. The Kier molecular flexibility index (Phi) is 3.49. The predicted octanol–water partition coefficient (Wildman–Crippen LogP) is 1.33. The second-order valence-corrected chi connectivity index (χ2v) is 8.47. The predicted molar refractivity (Wildman–Crippen MR) is 109 cm³/mol. The number of nitrogen functional groups attached to an aromatic ring is 1. The molecular weight excluding hydrogens is 384 g/mol. The minimum Gasteiger partial charge on any atom is -0.493 e. The van der Waals surface area contributed by atoms with Crippen LogP contribution in [0.1, 0.15) is 18.2 Å². The van der Waals surface area contributed by atoms with Crippen molar-refractivity contribution in [3.8, 4) is 5.75 Å². The van der Waals surface area contributed by atoms with Gasteiger partial charge in [-0.25, -0.2) is 15.0 Å². The van der Waals surface area contributed by atoms with Gasteiger partial charge in [-0.05, 0) is 31.4 Å². The molecule has 0 bridgehead atoms. The van der Waals surface area contributed by atoms with Crippen LogP contribution in [0.15, 0.2) is 43.1 Å². The van der Waals surface area contributed by atoms with Gasteiger partial charge in [0.25, 0.3) is 0 Å². The van der Waals surface area contributed by atoms with Crippen molar-refractivity contribution in [2.75, 3.05) is 12.3 Å². The Morgan fingerprint density at radius 2 is 2.10 bits per heavy atom. The number of hydrogen-bond acceptors (Lipinski definition) is 7. The first kappa shape index (κ1) is 17.7. The summed E-state index contributed by atoms with van der Waals surface area (Å²) in [6.45, 7) is 2.33. The zero-order valence-electron chi connectivity index (χ0n) is 16.4. The number of hydrogen-bond donors (Lipinski definition) is 3. The van der Waals surface area contributed by atoms with Gasteiger partial charge in [0.05, 0.1) is 24.1 Å². The average Bonchev–Trinajstić information content (AvgIpc) is 3.00. The van der Waals surface area contributed by atoms with Crippen LogP contribution in [0.5, 0.6) is 5.75 Å². The highest BCUT2D eigenvalue weighted by atomic mass is 16.5. The maximum atomic E-state index is 10.9. The number of nitrogens with two attached hydrogens (primary N) is 1. The highest BCUT2D eigenvalue weighted by Crippen LogP contribution is 2.67. The molecule has 2 saturated carbocycles. The first-order chi connectivity index (χ1) is 14.5. The van der Waals surface area contributed by atoms with Crippen molar-refractivity contribution >= 4 is 22.5 Å². The number of aliphatic hydroxyl groups excluding tert-OH is 2. The van der Waals surface area contributed by atoms with Gasteiger partial charge < -0.3 is 29.7 Å². The molecule has 0 radical (unpaired) electrons. The van der Waals surface area contributed by atoms with E-state index in [0.717, 1.165) is 23.1 Å². The Bertz CT molecular complexity index is 1280. The van der Waals surface area contributed by atoms with Crippen molar-refractivity contribution in [2.24, 2.45) is 11.3 Å². The van der Waals surface area contributed by atoms with Gasteiger partial charge in [0.2, 0.25) is 0 Å². The van der Waals surface area contributed by atoms with Gasteiger partial charge in [-0.2, -0.15) is 0 Å². The van der Waals surface area contributed by atoms with Crippen molar-refractivity contribution in [3.63, 3.8) is 0 Å². The summed E-state index contributed by atoms with van der Waals surface area (Å²) in [6, 6.07) is 5.34. The second kappa shape index (κ2) is 5.93. The Balaban J connectivity index is 1.27. The van der Waals surface area contributed by atoms with Gasteiger partial charge in [-0.3, -0.25) is 0 Å². The van der Waals surface area contributed by atoms with Gasteiger partial charge in [-0.15, -0.1) is 0 Å². The second-order valence-electron chi connectivity index (χ2n) is 8.47. The number of aromatic nitrogens is 5. The molecule has 154 valence electrons. The molecule has 30 heavy (non-hydrogen) atoms. The van der Waals surface area contributed by atoms with Crippen LogP contribution in [0.2, 0.25) is 0 Å². The maximum Gasteiger partial charge on any atom is 0.145 e. The van der Waals surface area contributed by atoms with Crippen molar-refractivity contribution in [3.05, 3.63) is 48.8 Å². The fourth-order valence-electron chi connectivity index (χ4n) is 5.15. The van der Waals surface area contributed by atoms with Crippen molar-refractivity contribution < 1.29 is 14.9 Å². The van der Waals surface area contributed by atoms with Gasteiger partial charge in [0.1, 0.15) is 35.3 Å². The van der Waals surface area contributed by atoms with E-state index < -0.39 is 17.6 Å². The molecule has 5 atom stereocenters. The van der Waals surface area contributed by atoms with E-state index in [2.05, 4.69) is 15.0 Å². The molecule has 9 heteroatoms. The topological polar surface area (TPSA) is 124 Å². The van der Waals surface area contributed by atoms with E-state index in [1.807, 2.05) is 52.7 Å². The SMILES string of the molecule is Cc1cnc2cc(OC[C@@]34CC3[C@@H](n3ccc5c(N)ncnc53)[C@H](O)[C@@H]4O)ccn12. The van der Waals surface area contributed by atoms with Crippen LogP contribution in [0.4, 0.5) is 5.82 Å². The van der Waals surface area contributed by atoms with Gasteiger partial charge in [0.15, 0.2) is 0 Å². The molecule has 0 amide bonds. The summed E-state index contributed by atoms with van der Waals surface area (Å²) in [5.74, 6) is 1.19. The first-order valence-corrected chi connectivity index (χ1v) is 9.99. The van der Waals surface area contributed by atoms with E-state index >= 15 is 0 Å². The first-order valence-electron chi connectivity index (χ1n) is 9.99. The number of aliphatic hydroxyl groups is 2. The van der Waals surface area contributed by atoms with Crippen LogP contribution in [-0.2, 0) is 0 Å². The van der Waals surface area contributed by atoms with E-state index in [1.54, 1.807) is 0 Å². The zero-order valence-corrected chi connectivity index (χ0v) is 16.4. The average molecular weight is 406 g/mol. The number of pyridine rings is 1. The lowest BCUT2D eigenvalue weighted by Gasteiger charge is -2.24. The monoisotopic (exact) mass is 406 g/mol. The maximum absolute atomic E-state index is 10.9. The van der Waals surface area contributed by atoms with Gasteiger partial charge in [0, 0.05) is 35.8 Å². The molecule has 2 fully saturated rings. The van der Waals surface area contributed by atoms with Crippen LogP contribution in [-0.4, -0.2) is 52.9 Å². The van der Waals surface area contributed by atoms with E-state index in [4.69, 9.17) is 10.5 Å². The van der Waals surface area contributed by atoms with Gasteiger partial charge >= 0.3 is 0 Å². The van der Waals surface area contributed by atoms with Crippen molar-refractivity contribution in [1.82, 2.24) is 23.9 Å². The molecule has 4 aromatic heterocycles. The molecule has 0 aliphatic heterocycles. The molecule has 9 nitrogen and oxygen atoms in total. The lowest BCUT2D eigenvalue weighted by molar-refractivity contribution is -0.0273. The number of anilines is 1. The summed E-state index contributed by atoms with van der Waals surface area (Å²) in [5, 5.41) is 22.5. The minimum atomic E-state index is -0.906. The lowest BCUT2D eigenvalue weighted by atomic mass is 10.0. The van der Waals surface area contributed by atoms with Crippen LogP contribution < -0.4 is 10.5 Å². The number of rotatable bonds is 4. The molecule has 0 aromatic carbocycles. The Hall–Kier alpha value is -3.17. The smallest absolute Gasteiger partial charge is 0.145 e. The third kappa shape index (κ3) is 2.27. The molecule has 4 aromatic rings. The molecule has 4 N–H and O–H groups in total. The fraction of sp³-hybridized carbons (Fsp3) is 0.381. The zero-order chi connectivity index (χ0) is 20.6. The molecule has 0 spiro atoms. The van der Waals surface area contributed by atoms with Gasteiger partial charge in [-0.1, -0.05) is 0 Å². The number of imidazole rings is 1. The van der Waals surface area contributed by atoms with Crippen LogP contribution in [0, 0.1) is 18.3 Å². The van der Waals surface area contributed by atoms with Crippen molar-refractivity contribution in [2.45, 2.75) is 31.6 Å². The number of aryl methyl sites for hydroxylation is 1. The Morgan fingerprint density at radius 3 is 2.97 bits per heavy atom. The van der Waals surface area contributed by atoms with Crippen LogP contribution in [0.3, 0.4) is 0 Å². The molecule has 6 rings (SSSR count). The van der Waals surface area contributed by atoms with E-state index in [1.165, 1.54) is 6.33 Å². The summed E-state index contributed by atoms with van der Waals surface area (Å²) in [7, 11) is 0. The third-order valence-electron chi connectivity index (χ3n) is 6.89. The molecule has 2 aliphatic rings. The molecular formula is C21H22N6O3. The largest absolute Gasteiger partial charge is 0.493 e. The highest BCUT2D eigenvalue weighted by molar-refractivity contribution is 5.86. The highest BCUT2D eigenvalue weighted by Gasteiger charge is 2.72. The molecule has 1 unspecified atom stereocenters. The molecule has 2 aliphatic carbocycles. The number of ether oxygens (including phenoxy) is 1. The fourth-order valence-corrected chi connectivity index (χ4v) is 5.15. The summed E-state index contributed by atoms with van der Waals surface area (Å²) in [6.07, 6.45) is 6.02. The molecule has 0 saturated heterocycles. The Morgan fingerprint density at radius 1 is 1.23 bits per heavy atom. The van der Waals surface area contributed by atoms with Crippen LogP contribution in [0.25, 0.3) is 16.7 Å². The van der Waals surface area contributed by atoms with Crippen molar-refractivity contribution in [1.29, 1.82) is 0 Å². The summed E-state index contributed by atoms with van der Waals surface area (Å²) < 4.78 is 9.97. The number of fused-ring (bicyclic) bond motifs is 3. The normalized spacial score (nSPS) is 30.1. The van der Waals surface area contributed by atoms with Crippen LogP contribution >= 0.6 is 0 Å². The Labute approximate surface area is 171 Å². The third-order valence-corrected chi connectivity index (χ3v) is 6.89. The van der Waals surface area contributed by atoms with E-state index in [9.17, 15) is 10.2 Å². The quantitative estimate of drug-likeness (QED) is 0.467. The summed E-state index contributed by atoms with van der Waals surface area (Å²) in [5.41, 5.74) is 8.01. The summed E-state index contributed by atoms with van der Waals surface area (Å²) >= 11 is 0. The minimum absolute atomic E-state index is 0.0895. The van der Waals surface area contributed by atoms with E-state index in [-0.39, 0.29) is 12.0 Å². The van der Waals surface area contributed by atoms with E-state index in [0.29, 0.717) is 23.8 Å². The summed E-state index contributed by atoms with van der Waals surface area (Å²) in [4.78, 5) is 12.7. The lowest BCUT2D eigenvalue weighted by Crippen LogP contribution is -2.36. The standard InChI is InChI=1S/C21H22N6O3/c1-11-8-23-15-6-12(2-4-26(11)15)30-9-21-7-14(21)16(17(28)18(21)29)27-5-3-13-19(22)24-10-25-20(13)27/h2-6,8,10,14,16-18,28-29H,7,9H2,1H3,(H2,22,24,25)/t14?,16-,17+,18+,21+/m1/s1. The number of nitrogens with zero attached hydrogens (tertiary/aromatic N) is 5.